The highest BCUT2D eigenvalue weighted by Crippen LogP contribution is 2.23. The summed E-state index contributed by atoms with van der Waals surface area (Å²) in [6.45, 7) is 10.1. The standard InChI is InChI=1S/C13H25N3/c1-11-5-7-16(9-12(11)2)8-6-13(3,10-14)15-4/h11-12,15H,5-9H2,1-4H3. The molecule has 1 aliphatic rings. The number of nitrogens with zero attached hydrogens (tertiary/aromatic N) is 2. The van der Waals surface area contributed by atoms with Gasteiger partial charge in [0.05, 0.1) is 6.07 Å². The van der Waals surface area contributed by atoms with Gasteiger partial charge >= 0.3 is 0 Å². The minimum atomic E-state index is -0.369. The smallest absolute Gasteiger partial charge is 0.104 e. The Labute approximate surface area is 99.8 Å². The van der Waals surface area contributed by atoms with Gasteiger partial charge in [-0.3, -0.25) is 0 Å². The van der Waals surface area contributed by atoms with E-state index in [4.69, 9.17) is 5.26 Å². The van der Waals surface area contributed by atoms with Crippen LogP contribution >= 0.6 is 0 Å². The first-order valence-electron chi connectivity index (χ1n) is 6.33. The topological polar surface area (TPSA) is 39.1 Å². The van der Waals surface area contributed by atoms with Crippen LogP contribution in [0.1, 0.15) is 33.6 Å². The minimum absolute atomic E-state index is 0.369. The third-order valence-corrected chi connectivity index (χ3v) is 4.14. The van der Waals surface area contributed by atoms with E-state index in [9.17, 15) is 0 Å². The van der Waals surface area contributed by atoms with Crippen LogP contribution in [0.15, 0.2) is 0 Å². The molecule has 0 aromatic rings. The molecule has 16 heavy (non-hydrogen) atoms. The molecule has 1 fully saturated rings. The number of hydrogen-bond acceptors (Lipinski definition) is 3. The Balaban J connectivity index is 2.37. The summed E-state index contributed by atoms with van der Waals surface area (Å²) in [6, 6.07) is 2.35. The maximum absolute atomic E-state index is 9.08. The van der Waals surface area contributed by atoms with E-state index in [2.05, 4.69) is 30.1 Å². The minimum Gasteiger partial charge on any atom is -0.303 e. The maximum Gasteiger partial charge on any atom is 0.104 e. The largest absolute Gasteiger partial charge is 0.303 e. The van der Waals surface area contributed by atoms with E-state index in [1.54, 1.807) is 0 Å². The summed E-state index contributed by atoms with van der Waals surface area (Å²) >= 11 is 0. The number of hydrogen-bond donors (Lipinski definition) is 1. The predicted molar refractivity (Wildman–Crippen MR) is 67.1 cm³/mol. The van der Waals surface area contributed by atoms with Crippen LogP contribution < -0.4 is 5.32 Å². The Hall–Kier alpha value is -0.590. The number of piperidine rings is 1. The molecule has 0 aromatic carbocycles. The highest BCUT2D eigenvalue weighted by atomic mass is 15.1. The molecule has 0 amide bonds. The molecular weight excluding hydrogens is 198 g/mol. The maximum atomic E-state index is 9.08. The van der Waals surface area contributed by atoms with Crippen LogP contribution in [0.5, 0.6) is 0 Å². The van der Waals surface area contributed by atoms with Gasteiger partial charge in [-0.2, -0.15) is 5.26 Å². The van der Waals surface area contributed by atoms with Crippen LogP contribution in [0.2, 0.25) is 0 Å². The molecule has 0 saturated carbocycles. The van der Waals surface area contributed by atoms with Crippen molar-refractivity contribution in [2.75, 3.05) is 26.7 Å². The second-order valence-corrected chi connectivity index (χ2v) is 5.49. The first-order valence-corrected chi connectivity index (χ1v) is 6.33. The lowest BCUT2D eigenvalue weighted by Gasteiger charge is -2.36. The quantitative estimate of drug-likeness (QED) is 0.790. The summed E-state index contributed by atoms with van der Waals surface area (Å²) in [6.07, 6.45) is 2.20. The van der Waals surface area contributed by atoms with Gasteiger partial charge in [0.1, 0.15) is 5.54 Å². The Morgan fingerprint density at radius 3 is 2.62 bits per heavy atom. The SMILES string of the molecule is CNC(C)(C#N)CCN1CCC(C)C(C)C1. The molecule has 0 spiro atoms. The van der Waals surface area contributed by atoms with Gasteiger partial charge in [0.15, 0.2) is 0 Å². The Bertz CT molecular complexity index is 258. The third-order valence-electron chi connectivity index (χ3n) is 4.14. The molecule has 3 atom stereocenters. The first-order chi connectivity index (χ1) is 7.50. The molecule has 0 aromatic heterocycles. The van der Waals surface area contributed by atoms with Crippen molar-refractivity contribution in [1.29, 1.82) is 5.26 Å². The van der Waals surface area contributed by atoms with Gasteiger partial charge in [-0.1, -0.05) is 13.8 Å². The molecule has 0 radical (unpaired) electrons. The summed E-state index contributed by atoms with van der Waals surface area (Å²) < 4.78 is 0. The summed E-state index contributed by atoms with van der Waals surface area (Å²) in [5.41, 5.74) is -0.369. The molecule has 3 unspecified atom stereocenters. The summed E-state index contributed by atoms with van der Waals surface area (Å²) in [5, 5.41) is 12.2. The molecule has 1 rings (SSSR count). The number of nitrogens with one attached hydrogen (secondary N) is 1. The Kier molecular flexibility index (Phi) is 4.76. The molecule has 3 heteroatoms. The van der Waals surface area contributed by atoms with Crippen LogP contribution in [-0.4, -0.2) is 37.1 Å². The number of rotatable bonds is 4. The molecule has 92 valence electrons. The van der Waals surface area contributed by atoms with Crippen LogP contribution in [0.4, 0.5) is 0 Å². The van der Waals surface area contributed by atoms with E-state index in [-0.39, 0.29) is 5.54 Å². The van der Waals surface area contributed by atoms with E-state index in [1.807, 2.05) is 14.0 Å². The van der Waals surface area contributed by atoms with E-state index >= 15 is 0 Å². The normalized spacial score (nSPS) is 30.7. The fourth-order valence-corrected chi connectivity index (χ4v) is 2.17. The first kappa shape index (κ1) is 13.5. The van der Waals surface area contributed by atoms with E-state index < -0.39 is 0 Å². The van der Waals surface area contributed by atoms with E-state index in [1.165, 1.54) is 19.5 Å². The average Bonchev–Trinajstić information content (AvgIpc) is 2.30. The fourth-order valence-electron chi connectivity index (χ4n) is 2.17. The number of likely N-dealkylation sites (tertiary alicyclic amines) is 1. The molecule has 1 N–H and O–H groups in total. The average molecular weight is 223 g/mol. The van der Waals surface area contributed by atoms with Crippen molar-refractivity contribution >= 4 is 0 Å². The second kappa shape index (κ2) is 5.65. The zero-order chi connectivity index (χ0) is 12.2. The number of nitriles is 1. The lowest BCUT2D eigenvalue weighted by molar-refractivity contribution is 0.131. The van der Waals surface area contributed by atoms with Crippen LogP contribution in [-0.2, 0) is 0 Å². The fraction of sp³-hybridized carbons (Fsp3) is 0.923. The monoisotopic (exact) mass is 223 g/mol. The third kappa shape index (κ3) is 3.47. The molecule has 1 aliphatic heterocycles. The van der Waals surface area contributed by atoms with Gasteiger partial charge in [0.25, 0.3) is 0 Å². The molecular formula is C13H25N3. The van der Waals surface area contributed by atoms with Gasteiger partial charge in [-0.05, 0) is 45.2 Å². The van der Waals surface area contributed by atoms with Crippen LogP contribution in [0.3, 0.4) is 0 Å². The molecule has 1 saturated heterocycles. The predicted octanol–water partition coefficient (Wildman–Crippen LogP) is 1.86. The zero-order valence-electron chi connectivity index (χ0n) is 11.1. The van der Waals surface area contributed by atoms with Crippen molar-refractivity contribution in [3.05, 3.63) is 0 Å². The molecule has 0 aliphatic carbocycles. The van der Waals surface area contributed by atoms with Crippen molar-refractivity contribution in [3.8, 4) is 6.07 Å². The van der Waals surface area contributed by atoms with Crippen molar-refractivity contribution in [3.63, 3.8) is 0 Å². The van der Waals surface area contributed by atoms with Crippen molar-refractivity contribution in [2.24, 2.45) is 11.8 Å². The van der Waals surface area contributed by atoms with E-state index in [0.717, 1.165) is 24.8 Å². The highest BCUT2D eigenvalue weighted by Gasteiger charge is 2.26. The van der Waals surface area contributed by atoms with Gasteiger partial charge in [0.2, 0.25) is 0 Å². The Morgan fingerprint density at radius 2 is 2.12 bits per heavy atom. The Morgan fingerprint density at radius 1 is 1.44 bits per heavy atom. The zero-order valence-corrected chi connectivity index (χ0v) is 11.1. The molecule has 0 bridgehead atoms. The van der Waals surface area contributed by atoms with E-state index in [0.29, 0.717) is 0 Å². The van der Waals surface area contributed by atoms with Crippen molar-refractivity contribution in [2.45, 2.75) is 39.2 Å². The van der Waals surface area contributed by atoms with Gasteiger partial charge in [0, 0.05) is 13.1 Å². The highest BCUT2D eigenvalue weighted by molar-refractivity contribution is 5.03. The van der Waals surface area contributed by atoms with Gasteiger partial charge in [-0.25, -0.2) is 0 Å². The van der Waals surface area contributed by atoms with Gasteiger partial charge in [-0.15, -0.1) is 0 Å². The summed E-state index contributed by atoms with van der Waals surface area (Å²) in [5.74, 6) is 1.64. The van der Waals surface area contributed by atoms with Crippen LogP contribution in [0.25, 0.3) is 0 Å². The summed E-state index contributed by atoms with van der Waals surface area (Å²) in [7, 11) is 1.87. The molecule has 3 nitrogen and oxygen atoms in total. The lowest BCUT2D eigenvalue weighted by Crippen LogP contribution is -2.44. The second-order valence-electron chi connectivity index (χ2n) is 5.49. The summed E-state index contributed by atoms with van der Waals surface area (Å²) in [4.78, 5) is 2.50. The van der Waals surface area contributed by atoms with Crippen LogP contribution in [0, 0.1) is 23.2 Å². The van der Waals surface area contributed by atoms with Crippen molar-refractivity contribution in [1.82, 2.24) is 10.2 Å². The lowest BCUT2D eigenvalue weighted by atomic mass is 9.88. The molecule has 1 heterocycles. The van der Waals surface area contributed by atoms with Gasteiger partial charge < -0.3 is 10.2 Å². The van der Waals surface area contributed by atoms with Crippen molar-refractivity contribution < 1.29 is 0 Å².